The second-order valence-corrected chi connectivity index (χ2v) is 7.23. The van der Waals surface area contributed by atoms with Crippen molar-refractivity contribution in [2.75, 3.05) is 17.3 Å². The molecule has 1 unspecified atom stereocenters. The van der Waals surface area contributed by atoms with Crippen LogP contribution in [0.25, 0.3) is 0 Å². The van der Waals surface area contributed by atoms with Gasteiger partial charge in [-0.05, 0) is 48.8 Å². The van der Waals surface area contributed by atoms with E-state index in [2.05, 4.69) is 10.6 Å². The second kappa shape index (κ2) is 10.1. The summed E-state index contributed by atoms with van der Waals surface area (Å²) in [5.41, 5.74) is 5.24. The smallest absolute Gasteiger partial charge is 0.253 e. The van der Waals surface area contributed by atoms with Gasteiger partial charge in [0.15, 0.2) is 0 Å². The van der Waals surface area contributed by atoms with Gasteiger partial charge in [-0.2, -0.15) is 11.8 Å². The van der Waals surface area contributed by atoms with E-state index in [0.29, 0.717) is 12.2 Å². The van der Waals surface area contributed by atoms with Crippen molar-refractivity contribution >= 4 is 46.8 Å². The number of thioether (sulfide) groups is 1. The van der Waals surface area contributed by atoms with Crippen molar-refractivity contribution in [1.29, 1.82) is 0 Å². The quantitative estimate of drug-likeness (QED) is 0.607. The summed E-state index contributed by atoms with van der Waals surface area (Å²) >= 11 is 7.55. The number of hydrogen-bond acceptors (Lipinski definition) is 4. The summed E-state index contributed by atoms with van der Waals surface area (Å²) in [5.74, 6) is -2.09. The van der Waals surface area contributed by atoms with Gasteiger partial charge in [0.25, 0.3) is 11.8 Å². The number of carbonyl (C=O) groups is 3. The highest BCUT2D eigenvalue weighted by molar-refractivity contribution is 7.98. The molecule has 2 aromatic carbocycles. The minimum absolute atomic E-state index is 0.196. The van der Waals surface area contributed by atoms with Gasteiger partial charge >= 0.3 is 0 Å². The fourth-order valence-corrected chi connectivity index (χ4v) is 3.10. The van der Waals surface area contributed by atoms with Crippen molar-refractivity contribution in [2.24, 2.45) is 5.73 Å². The Morgan fingerprint density at radius 2 is 1.89 bits per heavy atom. The van der Waals surface area contributed by atoms with Gasteiger partial charge in [-0.25, -0.2) is 4.39 Å². The first-order valence-electron chi connectivity index (χ1n) is 8.28. The molecule has 0 aliphatic rings. The monoisotopic (exact) mass is 423 g/mol. The zero-order valence-electron chi connectivity index (χ0n) is 15.0. The van der Waals surface area contributed by atoms with Gasteiger partial charge < -0.3 is 16.4 Å². The Morgan fingerprint density at radius 1 is 1.18 bits per heavy atom. The van der Waals surface area contributed by atoms with Gasteiger partial charge in [-0.3, -0.25) is 14.4 Å². The molecule has 0 radical (unpaired) electrons. The molecule has 0 saturated heterocycles. The Hall–Kier alpha value is -2.58. The van der Waals surface area contributed by atoms with Crippen LogP contribution in [0.15, 0.2) is 42.5 Å². The van der Waals surface area contributed by atoms with Crippen LogP contribution < -0.4 is 16.4 Å². The molecule has 0 aliphatic carbocycles. The molecule has 1 atom stereocenters. The number of rotatable bonds is 8. The summed E-state index contributed by atoms with van der Waals surface area (Å²) in [6.07, 6.45) is 2.25. The molecule has 9 heteroatoms. The van der Waals surface area contributed by atoms with E-state index in [9.17, 15) is 18.8 Å². The summed E-state index contributed by atoms with van der Waals surface area (Å²) in [6, 6.07) is 9.15. The molecular formula is C19H19ClFN3O3S. The van der Waals surface area contributed by atoms with Crippen LogP contribution in [0.5, 0.6) is 0 Å². The summed E-state index contributed by atoms with van der Waals surface area (Å²) in [4.78, 5) is 36.4. The van der Waals surface area contributed by atoms with E-state index in [4.69, 9.17) is 17.3 Å². The molecule has 4 N–H and O–H groups in total. The number of nitrogens with one attached hydrogen (secondary N) is 2. The summed E-state index contributed by atoms with van der Waals surface area (Å²) < 4.78 is 13.6. The van der Waals surface area contributed by atoms with Crippen molar-refractivity contribution in [3.63, 3.8) is 0 Å². The minimum Gasteiger partial charge on any atom is -0.366 e. The highest BCUT2D eigenvalue weighted by atomic mass is 35.5. The van der Waals surface area contributed by atoms with E-state index in [1.165, 1.54) is 17.8 Å². The maximum Gasteiger partial charge on any atom is 0.253 e. The Morgan fingerprint density at radius 3 is 2.54 bits per heavy atom. The van der Waals surface area contributed by atoms with E-state index in [1.54, 1.807) is 24.3 Å². The summed E-state index contributed by atoms with van der Waals surface area (Å²) in [5, 5.41) is 5.51. The van der Waals surface area contributed by atoms with Gasteiger partial charge in [-0.15, -0.1) is 0 Å². The lowest BCUT2D eigenvalue weighted by Gasteiger charge is -2.19. The molecule has 0 bridgehead atoms. The second-order valence-electron chi connectivity index (χ2n) is 5.84. The van der Waals surface area contributed by atoms with Crippen LogP contribution >= 0.6 is 23.4 Å². The molecule has 28 heavy (non-hydrogen) atoms. The van der Waals surface area contributed by atoms with Gasteiger partial charge in [-0.1, -0.05) is 23.7 Å². The first-order valence-corrected chi connectivity index (χ1v) is 10.0. The SMILES string of the molecule is CSCCC(NC(=O)c1ccccc1Cl)C(=O)Nc1ccc(F)c(C(N)=O)c1. The molecule has 6 nitrogen and oxygen atoms in total. The van der Waals surface area contributed by atoms with Crippen LogP contribution in [0.4, 0.5) is 10.1 Å². The van der Waals surface area contributed by atoms with E-state index in [0.717, 1.165) is 12.1 Å². The van der Waals surface area contributed by atoms with Crippen LogP contribution in [0.3, 0.4) is 0 Å². The van der Waals surface area contributed by atoms with E-state index in [-0.39, 0.29) is 21.8 Å². The topological polar surface area (TPSA) is 101 Å². The van der Waals surface area contributed by atoms with E-state index in [1.807, 2.05) is 6.26 Å². The summed E-state index contributed by atoms with van der Waals surface area (Å²) in [6.45, 7) is 0. The Kier molecular flexibility index (Phi) is 7.83. The van der Waals surface area contributed by atoms with Crippen LogP contribution in [0.2, 0.25) is 5.02 Å². The average Bonchev–Trinajstić information content (AvgIpc) is 2.66. The number of hydrogen-bond donors (Lipinski definition) is 3. The van der Waals surface area contributed by atoms with Gasteiger partial charge in [0, 0.05) is 5.69 Å². The van der Waals surface area contributed by atoms with Crippen molar-refractivity contribution in [3.05, 3.63) is 64.4 Å². The fraction of sp³-hybridized carbons (Fsp3) is 0.211. The van der Waals surface area contributed by atoms with Crippen LogP contribution in [-0.2, 0) is 4.79 Å². The predicted octanol–water partition coefficient (Wildman–Crippen LogP) is 3.07. The molecule has 2 rings (SSSR count). The predicted molar refractivity (Wildman–Crippen MR) is 109 cm³/mol. The average molecular weight is 424 g/mol. The number of primary amides is 1. The van der Waals surface area contributed by atoms with Crippen LogP contribution in [0.1, 0.15) is 27.1 Å². The maximum absolute atomic E-state index is 13.6. The Bertz CT molecular complexity index is 894. The molecule has 0 spiro atoms. The standard InChI is InChI=1S/C19H19ClFN3O3S/c1-28-9-8-16(24-18(26)12-4-2-3-5-14(12)20)19(27)23-11-6-7-15(21)13(10-11)17(22)25/h2-7,10,16H,8-9H2,1H3,(H2,22,25)(H,23,27)(H,24,26). The molecule has 0 fully saturated rings. The Balaban J connectivity index is 2.17. The summed E-state index contributed by atoms with van der Waals surface area (Å²) in [7, 11) is 0. The molecular weight excluding hydrogens is 405 g/mol. The number of anilines is 1. The first-order chi connectivity index (χ1) is 13.3. The normalized spacial score (nSPS) is 11.5. The van der Waals surface area contributed by atoms with E-state index < -0.39 is 29.6 Å². The van der Waals surface area contributed by atoms with Crippen molar-refractivity contribution in [1.82, 2.24) is 5.32 Å². The van der Waals surface area contributed by atoms with Crippen molar-refractivity contribution in [3.8, 4) is 0 Å². The maximum atomic E-state index is 13.6. The molecule has 0 aromatic heterocycles. The third-order valence-corrected chi connectivity index (χ3v) is 4.82. The Labute approximate surface area is 171 Å². The van der Waals surface area contributed by atoms with E-state index >= 15 is 0 Å². The molecule has 3 amide bonds. The lowest BCUT2D eigenvalue weighted by atomic mass is 10.1. The van der Waals surface area contributed by atoms with Gasteiger partial charge in [0.2, 0.25) is 5.91 Å². The zero-order valence-corrected chi connectivity index (χ0v) is 16.6. The van der Waals surface area contributed by atoms with Crippen molar-refractivity contribution in [2.45, 2.75) is 12.5 Å². The molecule has 148 valence electrons. The lowest BCUT2D eigenvalue weighted by molar-refractivity contribution is -0.118. The fourth-order valence-electron chi connectivity index (χ4n) is 2.41. The number of amides is 3. The molecule has 2 aromatic rings. The number of halogens is 2. The molecule has 0 heterocycles. The zero-order chi connectivity index (χ0) is 20.7. The number of carbonyl (C=O) groups excluding carboxylic acids is 3. The molecule has 0 saturated carbocycles. The highest BCUT2D eigenvalue weighted by Gasteiger charge is 2.23. The van der Waals surface area contributed by atoms with Crippen LogP contribution in [-0.4, -0.2) is 35.8 Å². The minimum atomic E-state index is -0.945. The number of nitrogens with two attached hydrogens (primary N) is 1. The van der Waals surface area contributed by atoms with Gasteiger partial charge in [0.05, 0.1) is 16.1 Å². The third kappa shape index (κ3) is 5.71. The van der Waals surface area contributed by atoms with Gasteiger partial charge in [0.1, 0.15) is 11.9 Å². The van der Waals surface area contributed by atoms with Crippen molar-refractivity contribution < 1.29 is 18.8 Å². The first kappa shape index (κ1) is 21.7. The third-order valence-electron chi connectivity index (χ3n) is 3.85. The lowest BCUT2D eigenvalue weighted by Crippen LogP contribution is -2.44. The van der Waals surface area contributed by atoms with Crippen LogP contribution in [0, 0.1) is 5.82 Å². The number of benzene rings is 2. The molecule has 0 aliphatic heterocycles. The largest absolute Gasteiger partial charge is 0.366 e. The highest BCUT2D eigenvalue weighted by Crippen LogP contribution is 2.17.